The highest BCUT2D eigenvalue weighted by molar-refractivity contribution is 6.92. The summed E-state index contributed by atoms with van der Waals surface area (Å²) in [6.45, 7) is 3.18. The molecule has 2 rings (SSSR count). The van der Waals surface area contributed by atoms with Gasteiger partial charge in [0.05, 0.1) is 7.05 Å². The summed E-state index contributed by atoms with van der Waals surface area (Å²) in [6.07, 6.45) is 2.05. The Bertz CT molecular complexity index is 367. The van der Waals surface area contributed by atoms with Gasteiger partial charge < -0.3 is 4.90 Å². The largest absolute Gasteiger partial charge is 0.342 e. The number of piperidine rings is 1. The van der Waals surface area contributed by atoms with Gasteiger partial charge >= 0.3 is 0 Å². The number of hydrogen-bond donors (Lipinski definition) is 0. The molecule has 2 heterocycles. The molecular weight excluding hydrogens is 225 g/mol. The second kappa shape index (κ2) is 5.34. The van der Waals surface area contributed by atoms with Crippen LogP contribution in [0.15, 0.2) is 0 Å². The van der Waals surface area contributed by atoms with Crippen molar-refractivity contribution >= 4 is 15.8 Å². The van der Waals surface area contributed by atoms with Crippen LogP contribution in [0.25, 0.3) is 0 Å². The van der Waals surface area contributed by atoms with Gasteiger partial charge in [0.25, 0.3) is 0 Å². The van der Waals surface area contributed by atoms with Crippen molar-refractivity contribution < 1.29 is 4.79 Å². The van der Waals surface area contributed by atoms with Crippen molar-refractivity contribution in [3.8, 4) is 0 Å². The topological polar surface area (TPSA) is 63.9 Å². The molecule has 1 aliphatic rings. The van der Waals surface area contributed by atoms with Crippen LogP contribution in [0.3, 0.4) is 0 Å². The molecule has 0 spiro atoms. The number of likely N-dealkylation sites (tertiary alicyclic amines) is 1. The summed E-state index contributed by atoms with van der Waals surface area (Å²) in [6, 6.07) is 0. The summed E-state index contributed by atoms with van der Waals surface area (Å²) in [7, 11) is 1.75. The number of nitrogens with zero attached hydrogens (tertiary/aromatic N) is 5. The maximum atomic E-state index is 11.2. The average Bonchev–Trinajstić information content (AvgIpc) is 2.65. The molecule has 2 unspecified atom stereocenters. The van der Waals surface area contributed by atoms with E-state index in [2.05, 4.69) is 15.4 Å². The normalized spacial score (nSPS) is 20.4. The number of aromatic nitrogens is 4. The van der Waals surface area contributed by atoms with Crippen LogP contribution in [0.4, 0.5) is 0 Å². The summed E-state index contributed by atoms with van der Waals surface area (Å²) >= 11 is 0. The van der Waals surface area contributed by atoms with E-state index in [0.717, 1.165) is 31.8 Å². The zero-order valence-corrected chi connectivity index (χ0v) is 11.2. The number of amides is 1. The minimum atomic E-state index is 0. The molecule has 0 bridgehead atoms. The lowest BCUT2D eigenvalue weighted by molar-refractivity contribution is -0.130. The van der Waals surface area contributed by atoms with Gasteiger partial charge in [-0.05, 0) is 18.1 Å². The highest BCUT2D eigenvalue weighted by Gasteiger charge is 2.25. The van der Waals surface area contributed by atoms with Crippen LogP contribution in [0, 0.1) is 0 Å². The zero-order chi connectivity index (χ0) is 10.8. The SMILES string of the molecule is CC(=O)N1CCCC(c2nnn(C)n2)C1.P. The third-order valence-corrected chi connectivity index (χ3v) is 2.76. The lowest BCUT2D eigenvalue weighted by Crippen LogP contribution is -2.37. The molecule has 6 nitrogen and oxygen atoms in total. The molecule has 1 aliphatic heterocycles. The number of tetrazole rings is 1. The van der Waals surface area contributed by atoms with E-state index in [1.807, 2.05) is 4.90 Å². The molecule has 0 N–H and O–H groups in total. The zero-order valence-electron chi connectivity index (χ0n) is 9.76. The van der Waals surface area contributed by atoms with E-state index in [1.165, 1.54) is 4.80 Å². The van der Waals surface area contributed by atoms with E-state index in [4.69, 9.17) is 0 Å². The first-order chi connectivity index (χ1) is 7.16. The van der Waals surface area contributed by atoms with Crippen LogP contribution in [-0.2, 0) is 11.8 Å². The number of carbonyl (C=O) groups excluding carboxylic acids is 1. The first kappa shape index (κ1) is 13.0. The molecule has 1 aromatic rings. The van der Waals surface area contributed by atoms with Crippen LogP contribution < -0.4 is 0 Å². The molecule has 0 radical (unpaired) electrons. The number of aryl methyl sites for hydroxylation is 1. The fourth-order valence-corrected chi connectivity index (χ4v) is 1.94. The molecule has 1 fully saturated rings. The van der Waals surface area contributed by atoms with Gasteiger partial charge in [-0.1, -0.05) is 0 Å². The summed E-state index contributed by atoms with van der Waals surface area (Å²) in [5, 5.41) is 12.0. The van der Waals surface area contributed by atoms with E-state index in [-0.39, 0.29) is 21.7 Å². The summed E-state index contributed by atoms with van der Waals surface area (Å²) < 4.78 is 0. The minimum absolute atomic E-state index is 0. The highest BCUT2D eigenvalue weighted by atomic mass is 31.0. The van der Waals surface area contributed by atoms with E-state index in [9.17, 15) is 4.79 Å². The molecule has 1 amide bonds. The van der Waals surface area contributed by atoms with Crippen LogP contribution in [0.2, 0.25) is 0 Å². The Morgan fingerprint density at radius 3 is 2.81 bits per heavy atom. The summed E-state index contributed by atoms with van der Waals surface area (Å²) in [5.41, 5.74) is 0. The summed E-state index contributed by atoms with van der Waals surface area (Å²) in [5.74, 6) is 1.13. The number of carbonyl (C=O) groups is 1. The van der Waals surface area contributed by atoms with E-state index < -0.39 is 0 Å². The predicted octanol–water partition coefficient (Wildman–Crippen LogP) is -0.00590. The predicted molar refractivity (Wildman–Crippen MR) is 64.1 cm³/mol. The van der Waals surface area contributed by atoms with Gasteiger partial charge in [-0.3, -0.25) is 4.79 Å². The van der Waals surface area contributed by atoms with Crippen molar-refractivity contribution in [1.82, 2.24) is 25.1 Å². The van der Waals surface area contributed by atoms with Gasteiger partial charge in [-0.15, -0.1) is 10.2 Å². The maximum Gasteiger partial charge on any atom is 0.219 e. The van der Waals surface area contributed by atoms with Gasteiger partial charge in [0.1, 0.15) is 0 Å². The molecule has 0 saturated carbocycles. The van der Waals surface area contributed by atoms with Crippen molar-refractivity contribution in [3.63, 3.8) is 0 Å². The van der Waals surface area contributed by atoms with Crippen molar-refractivity contribution in [2.24, 2.45) is 7.05 Å². The van der Waals surface area contributed by atoms with Crippen LogP contribution >= 0.6 is 9.90 Å². The smallest absolute Gasteiger partial charge is 0.219 e. The van der Waals surface area contributed by atoms with Gasteiger partial charge in [-0.2, -0.15) is 14.7 Å². The van der Waals surface area contributed by atoms with Gasteiger partial charge in [-0.25, -0.2) is 0 Å². The quantitative estimate of drug-likeness (QED) is 0.651. The Kier molecular flexibility index (Phi) is 4.35. The maximum absolute atomic E-state index is 11.2. The van der Waals surface area contributed by atoms with E-state index in [0.29, 0.717) is 0 Å². The highest BCUT2D eigenvalue weighted by Crippen LogP contribution is 2.23. The standard InChI is InChI=1S/C9H15N5O.H3P/c1-7(15)14-5-3-4-8(6-14)9-10-12-13(2)11-9;/h8H,3-6H2,1-2H3;1H3. The van der Waals surface area contributed by atoms with Gasteiger partial charge in [0, 0.05) is 25.9 Å². The molecule has 0 aliphatic carbocycles. The first-order valence-electron chi connectivity index (χ1n) is 5.16. The Balaban J connectivity index is 0.00000128. The number of hydrogen-bond acceptors (Lipinski definition) is 4. The molecule has 1 saturated heterocycles. The molecule has 0 aromatic carbocycles. The Morgan fingerprint density at radius 2 is 2.25 bits per heavy atom. The van der Waals surface area contributed by atoms with E-state index in [1.54, 1.807) is 14.0 Å². The van der Waals surface area contributed by atoms with Crippen LogP contribution in [-0.4, -0.2) is 44.1 Å². The fraction of sp³-hybridized carbons (Fsp3) is 0.778. The second-order valence-electron chi connectivity index (χ2n) is 3.94. The van der Waals surface area contributed by atoms with E-state index >= 15 is 0 Å². The Hall–Kier alpha value is -1.03. The second-order valence-corrected chi connectivity index (χ2v) is 3.94. The molecule has 16 heavy (non-hydrogen) atoms. The van der Waals surface area contributed by atoms with Crippen molar-refractivity contribution in [2.45, 2.75) is 25.7 Å². The summed E-state index contributed by atoms with van der Waals surface area (Å²) in [4.78, 5) is 14.6. The minimum Gasteiger partial charge on any atom is -0.342 e. The fourth-order valence-electron chi connectivity index (χ4n) is 1.94. The van der Waals surface area contributed by atoms with Crippen LogP contribution in [0.1, 0.15) is 31.5 Å². The molecular formula is C9H18N5OP. The molecule has 90 valence electrons. The number of rotatable bonds is 1. The lowest BCUT2D eigenvalue weighted by Gasteiger charge is -2.30. The Morgan fingerprint density at radius 1 is 1.50 bits per heavy atom. The molecule has 7 heteroatoms. The molecule has 1 aromatic heterocycles. The first-order valence-corrected chi connectivity index (χ1v) is 5.16. The van der Waals surface area contributed by atoms with Crippen molar-refractivity contribution in [1.29, 1.82) is 0 Å². The van der Waals surface area contributed by atoms with Crippen LogP contribution in [0.5, 0.6) is 0 Å². The van der Waals surface area contributed by atoms with Gasteiger partial charge in [0.2, 0.25) is 5.91 Å². The van der Waals surface area contributed by atoms with Crippen molar-refractivity contribution in [3.05, 3.63) is 5.82 Å². The average molecular weight is 243 g/mol. The van der Waals surface area contributed by atoms with Crippen molar-refractivity contribution in [2.75, 3.05) is 13.1 Å². The van der Waals surface area contributed by atoms with Gasteiger partial charge in [0.15, 0.2) is 5.82 Å². The Labute approximate surface area is 98.0 Å². The third-order valence-electron chi connectivity index (χ3n) is 2.76. The monoisotopic (exact) mass is 243 g/mol. The molecule has 2 atom stereocenters. The lowest BCUT2D eigenvalue weighted by atomic mass is 9.97. The third kappa shape index (κ3) is 2.76.